The van der Waals surface area contributed by atoms with Gasteiger partial charge in [-0.1, -0.05) is 53.8 Å². The number of carboxylic acids is 1. The zero-order valence-electron chi connectivity index (χ0n) is 13.8. The highest BCUT2D eigenvalue weighted by Gasteiger charge is 2.33. The van der Waals surface area contributed by atoms with Gasteiger partial charge >= 0.3 is 5.97 Å². The second-order valence-corrected chi connectivity index (χ2v) is 7.28. The van der Waals surface area contributed by atoms with Crippen molar-refractivity contribution in [1.82, 2.24) is 0 Å². The number of hydrogen-bond acceptors (Lipinski definition) is 5. The number of amides is 1. The maximum absolute atomic E-state index is 12.7. The summed E-state index contributed by atoms with van der Waals surface area (Å²) in [6.07, 6.45) is 1.72. The summed E-state index contributed by atoms with van der Waals surface area (Å²) in [4.78, 5) is 25.4. The number of thioether (sulfide) groups is 1. The molecule has 1 N–H and O–H groups in total. The van der Waals surface area contributed by atoms with Crippen LogP contribution in [0, 0.1) is 6.92 Å². The van der Waals surface area contributed by atoms with E-state index in [1.165, 1.54) is 16.7 Å². The molecule has 0 radical (unpaired) electrons. The lowest BCUT2D eigenvalue weighted by Crippen LogP contribution is -2.27. The molecule has 0 saturated carbocycles. The van der Waals surface area contributed by atoms with Gasteiger partial charge in [-0.3, -0.25) is 9.69 Å². The first-order valence-electron chi connectivity index (χ1n) is 7.73. The zero-order chi connectivity index (χ0) is 18.7. The summed E-state index contributed by atoms with van der Waals surface area (Å²) in [6, 6.07) is 14.5. The van der Waals surface area contributed by atoms with Gasteiger partial charge in [0.2, 0.25) is 0 Å². The molecule has 0 aliphatic carbocycles. The monoisotopic (exact) mass is 385 g/mol. The molecule has 0 bridgehead atoms. The lowest BCUT2D eigenvalue weighted by Gasteiger charge is -2.14. The quantitative estimate of drug-likeness (QED) is 0.623. The van der Waals surface area contributed by atoms with Gasteiger partial charge in [-0.2, -0.15) is 0 Å². The maximum Gasteiger partial charge on any atom is 0.341 e. The molecule has 2 aromatic carbocycles. The minimum Gasteiger partial charge on any atom is -0.482 e. The Morgan fingerprint density at radius 1 is 1.27 bits per heavy atom. The number of ether oxygens (including phenoxy) is 1. The van der Waals surface area contributed by atoms with Gasteiger partial charge in [0.25, 0.3) is 5.91 Å². The fourth-order valence-corrected chi connectivity index (χ4v) is 3.67. The minimum absolute atomic E-state index is 0.180. The van der Waals surface area contributed by atoms with E-state index in [4.69, 9.17) is 22.1 Å². The van der Waals surface area contributed by atoms with E-state index in [0.717, 1.165) is 16.8 Å². The molecule has 3 rings (SSSR count). The molecule has 5 nitrogen and oxygen atoms in total. The topological polar surface area (TPSA) is 66.8 Å². The van der Waals surface area contributed by atoms with Gasteiger partial charge in [-0.25, -0.2) is 4.79 Å². The highest BCUT2D eigenvalue weighted by atomic mass is 32.2. The van der Waals surface area contributed by atoms with E-state index >= 15 is 0 Å². The third-order valence-electron chi connectivity index (χ3n) is 3.60. The average molecular weight is 385 g/mol. The number of benzene rings is 2. The van der Waals surface area contributed by atoms with Crippen LogP contribution in [0.3, 0.4) is 0 Å². The second kappa shape index (κ2) is 7.72. The molecule has 0 atom stereocenters. The molecule has 0 spiro atoms. The molecule has 132 valence electrons. The average Bonchev–Trinajstić information content (AvgIpc) is 2.88. The third-order valence-corrected chi connectivity index (χ3v) is 4.91. The molecule has 1 saturated heterocycles. The Morgan fingerprint density at radius 2 is 2.00 bits per heavy atom. The van der Waals surface area contributed by atoms with Crippen LogP contribution >= 0.6 is 24.0 Å². The van der Waals surface area contributed by atoms with Crippen LogP contribution < -0.4 is 9.64 Å². The number of carbonyl (C=O) groups is 2. The Hall–Kier alpha value is -2.64. The normalized spacial score (nSPS) is 15.6. The molecule has 1 fully saturated rings. The van der Waals surface area contributed by atoms with Crippen molar-refractivity contribution >= 4 is 51.9 Å². The van der Waals surface area contributed by atoms with Gasteiger partial charge in [0.05, 0.1) is 10.6 Å². The van der Waals surface area contributed by atoms with Crippen LogP contribution in [-0.2, 0) is 9.59 Å². The standard InChI is InChI=1S/C19H15NO4S2/c1-12-5-7-14(8-6-12)20-18(23)16(26-19(20)25)10-13-3-2-4-15(9-13)24-11-17(21)22/h2-10H,11H2,1H3,(H,21,22)/b16-10-. The number of aryl methyl sites for hydroxylation is 1. The zero-order valence-corrected chi connectivity index (χ0v) is 15.5. The molecule has 1 heterocycles. The summed E-state index contributed by atoms with van der Waals surface area (Å²) < 4.78 is 5.64. The third kappa shape index (κ3) is 4.12. The Bertz CT molecular complexity index is 906. The Morgan fingerprint density at radius 3 is 2.69 bits per heavy atom. The number of thiocarbonyl (C=S) groups is 1. The molecule has 7 heteroatoms. The van der Waals surface area contributed by atoms with Crippen LogP contribution in [0.1, 0.15) is 11.1 Å². The number of anilines is 1. The number of rotatable bonds is 5. The minimum atomic E-state index is -1.05. The predicted molar refractivity (Wildman–Crippen MR) is 106 cm³/mol. The van der Waals surface area contributed by atoms with Crippen molar-refractivity contribution in [3.05, 3.63) is 64.6 Å². The summed E-state index contributed by atoms with van der Waals surface area (Å²) in [6.45, 7) is 1.56. The molecule has 2 aromatic rings. The maximum atomic E-state index is 12.7. The molecular weight excluding hydrogens is 370 g/mol. The van der Waals surface area contributed by atoms with E-state index in [1.807, 2.05) is 37.3 Å². The van der Waals surface area contributed by atoms with Crippen LogP contribution in [0.5, 0.6) is 5.75 Å². The van der Waals surface area contributed by atoms with Gasteiger partial charge in [0, 0.05) is 0 Å². The second-order valence-electron chi connectivity index (χ2n) is 5.61. The van der Waals surface area contributed by atoms with Crippen molar-refractivity contribution < 1.29 is 19.4 Å². The van der Waals surface area contributed by atoms with Crippen LogP contribution in [0.25, 0.3) is 6.08 Å². The number of carbonyl (C=O) groups excluding carboxylic acids is 1. The van der Waals surface area contributed by atoms with Crippen molar-refractivity contribution in [2.24, 2.45) is 0 Å². The summed E-state index contributed by atoms with van der Waals surface area (Å²) >= 11 is 6.59. The van der Waals surface area contributed by atoms with Crippen molar-refractivity contribution in [1.29, 1.82) is 0 Å². The largest absolute Gasteiger partial charge is 0.482 e. The van der Waals surface area contributed by atoms with Crippen molar-refractivity contribution in [3.63, 3.8) is 0 Å². The van der Waals surface area contributed by atoms with Gasteiger partial charge in [-0.05, 0) is 42.8 Å². The number of aliphatic carboxylic acids is 1. The predicted octanol–water partition coefficient (Wildman–Crippen LogP) is 3.86. The van der Waals surface area contributed by atoms with E-state index in [-0.39, 0.29) is 5.91 Å². The lowest BCUT2D eigenvalue weighted by atomic mass is 10.2. The highest BCUT2D eigenvalue weighted by molar-refractivity contribution is 8.27. The number of nitrogens with zero attached hydrogens (tertiary/aromatic N) is 1. The highest BCUT2D eigenvalue weighted by Crippen LogP contribution is 2.36. The molecule has 1 aliphatic heterocycles. The summed E-state index contributed by atoms with van der Waals surface area (Å²) in [5.74, 6) is -0.801. The summed E-state index contributed by atoms with van der Waals surface area (Å²) in [5, 5.41) is 8.69. The first kappa shape index (κ1) is 18.2. The Balaban J connectivity index is 1.82. The SMILES string of the molecule is Cc1ccc(N2C(=O)/C(=C/c3cccc(OCC(=O)O)c3)SC2=S)cc1. The molecule has 0 aromatic heterocycles. The first-order chi connectivity index (χ1) is 12.4. The van der Waals surface area contributed by atoms with E-state index < -0.39 is 12.6 Å². The molecule has 26 heavy (non-hydrogen) atoms. The lowest BCUT2D eigenvalue weighted by molar-refractivity contribution is -0.139. The van der Waals surface area contributed by atoms with E-state index in [9.17, 15) is 9.59 Å². The van der Waals surface area contributed by atoms with Gasteiger partial charge in [0.15, 0.2) is 10.9 Å². The molecule has 1 amide bonds. The van der Waals surface area contributed by atoms with Gasteiger partial charge in [-0.15, -0.1) is 0 Å². The van der Waals surface area contributed by atoms with Crippen LogP contribution in [0.15, 0.2) is 53.4 Å². The van der Waals surface area contributed by atoms with E-state index in [0.29, 0.717) is 15.0 Å². The first-order valence-corrected chi connectivity index (χ1v) is 8.96. The van der Waals surface area contributed by atoms with E-state index in [1.54, 1.807) is 24.3 Å². The number of carboxylic acid groups (broad SMARTS) is 1. The van der Waals surface area contributed by atoms with Gasteiger partial charge < -0.3 is 9.84 Å². The van der Waals surface area contributed by atoms with E-state index in [2.05, 4.69) is 0 Å². The van der Waals surface area contributed by atoms with Crippen molar-refractivity contribution in [3.8, 4) is 5.75 Å². The molecule has 0 unspecified atom stereocenters. The molecular formula is C19H15NO4S2. The fourth-order valence-electron chi connectivity index (χ4n) is 2.37. The smallest absolute Gasteiger partial charge is 0.341 e. The van der Waals surface area contributed by atoms with Crippen LogP contribution in [0.2, 0.25) is 0 Å². The number of hydrogen-bond donors (Lipinski definition) is 1. The van der Waals surface area contributed by atoms with Crippen molar-refractivity contribution in [2.45, 2.75) is 6.92 Å². The summed E-state index contributed by atoms with van der Waals surface area (Å²) in [7, 11) is 0. The molecule has 1 aliphatic rings. The Labute approximate surface area is 160 Å². The van der Waals surface area contributed by atoms with Crippen molar-refractivity contribution in [2.75, 3.05) is 11.5 Å². The van der Waals surface area contributed by atoms with Gasteiger partial charge in [0.1, 0.15) is 5.75 Å². The fraction of sp³-hybridized carbons (Fsp3) is 0.105. The Kier molecular flexibility index (Phi) is 5.39. The van der Waals surface area contributed by atoms with Crippen LogP contribution in [0.4, 0.5) is 5.69 Å². The van der Waals surface area contributed by atoms with Crippen LogP contribution in [-0.4, -0.2) is 27.9 Å². The summed E-state index contributed by atoms with van der Waals surface area (Å²) in [5.41, 5.74) is 2.57.